The van der Waals surface area contributed by atoms with Crippen LogP contribution < -0.4 is 5.32 Å². The van der Waals surface area contributed by atoms with Crippen LogP contribution in [-0.4, -0.2) is 49.6 Å². The van der Waals surface area contributed by atoms with Gasteiger partial charge >= 0.3 is 0 Å². The van der Waals surface area contributed by atoms with Crippen LogP contribution in [0.2, 0.25) is 0 Å². The molecule has 2 amide bonds. The topological polar surface area (TPSA) is 58.6 Å². The fourth-order valence-corrected chi connectivity index (χ4v) is 3.98. The first-order chi connectivity index (χ1) is 12.1. The van der Waals surface area contributed by atoms with Crippen LogP contribution >= 0.6 is 0 Å². The van der Waals surface area contributed by atoms with Gasteiger partial charge < -0.3 is 15.0 Å². The third kappa shape index (κ3) is 4.21. The second-order valence-electron chi connectivity index (χ2n) is 7.26. The van der Waals surface area contributed by atoms with Crippen LogP contribution in [0.25, 0.3) is 0 Å². The molecule has 0 unspecified atom stereocenters. The van der Waals surface area contributed by atoms with Gasteiger partial charge in [-0.2, -0.15) is 0 Å². The first-order valence-electron chi connectivity index (χ1n) is 9.27. The molecule has 5 nitrogen and oxygen atoms in total. The molecule has 1 aromatic carbocycles. The Balaban J connectivity index is 1.60. The summed E-state index contributed by atoms with van der Waals surface area (Å²) in [5.41, 5.74) is 1.25. The average Bonchev–Trinajstić information content (AvgIpc) is 2.67. The molecule has 2 fully saturated rings. The van der Waals surface area contributed by atoms with Crippen molar-refractivity contribution < 1.29 is 14.3 Å². The SMILES string of the molecule is CC(=O)N1CCC(C(=O)NCC2(c3ccccc3)CCOCC2)CC1. The summed E-state index contributed by atoms with van der Waals surface area (Å²) in [6, 6.07) is 10.5. The number of carbonyl (C=O) groups is 2. The summed E-state index contributed by atoms with van der Waals surface area (Å²) in [5, 5.41) is 3.21. The van der Waals surface area contributed by atoms with Gasteiger partial charge in [-0.05, 0) is 31.2 Å². The van der Waals surface area contributed by atoms with E-state index in [-0.39, 0.29) is 23.1 Å². The fraction of sp³-hybridized carbons (Fsp3) is 0.600. The third-order valence-electron chi connectivity index (χ3n) is 5.75. The smallest absolute Gasteiger partial charge is 0.223 e. The second kappa shape index (κ2) is 8.00. The summed E-state index contributed by atoms with van der Waals surface area (Å²) in [5.74, 6) is 0.248. The maximum atomic E-state index is 12.6. The summed E-state index contributed by atoms with van der Waals surface area (Å²) in [4.78, 5) is 25.9. The van der Waals surface area contributed by atoms with Crippen LogP contribution in [-0.2, 0) is 19.7 Å². The lowest BCUT2D eigenvalue weighted by atomic mass is 9.74. The van der Waals surface area contributed by atoms with Gasteiger partial charge in [-0.1, -0.05) is 30.3 Å². The van der Waals surface area contributed by atoms with Gasteiger partial charge in [0.1, 0.15) is 0 Å². The van der Waals surface area contributed by atoms with Gasteiger partial charge in [0.2, 0.25) is 11.8 Å². The van der Waals surface area contributed by atoms with Gasteiger partial charge in [0.25, 0.3) is 0 Å². The van der Waals surface area contributed by atoms with Crippen molar-refractivity contribution >= 4 is 11.8 Å². The fourth-order valence-electron chi connectivity index (χ4n) is 3.98. The highest BCUT2D eigenvalue weighted by atomic mass is 16.5. The van der Waals surface area contributed by atoms with Crippen LogP contribution in [0.3, 0.4) is 0 Å². The normalized spacial score (nSPS) is 20.9. The Bertz CT molecular complexity index is 588. The molecule has 0 bridgehead atoms. The van der Waals surface area contributed by atoms with Crippen molar-refractivity contribution in [3.05, 3.63) is 35.9 Å². The Kier molecular flexibility index (Phi) is 5.74. The minimum Gasteiger partial charge on any atom is -0.381 e. The van der Waals surface area contributed by atoms with Gasteiger partial charge in [0, 0.05) is 51.1 Å². The number of piperidine rings is 1. The van der Waals surface area contributed by atoms with Crippen molar-refractivity contribution in [3.63, 3.8) is 0 Å². The standard InChI is InChI=1S/C20H28N2O3/c1-16(23)22-11-7-17(8-12-22)19(24)21-15-20(9-13-25-14-10-20)18-5-3-2-4-6-18/h2-6,17H,7-15H2,1H3,(H,21,24). The van der Waals surface area contributed by atoms with Crippen molar-refractivity contribution in [2.75, 3.05) is 32.8 Å². The predicted molar refractivity (Wildman–Crippen MR) is 96.2 cm³/mol. The molecular formula is C20H28N2O3. The monoisotopic (exact) mass is 344 g/mol. The highest BCUT2D eigenvalue weighted by Gasteiger charge is 2.35. The maximum absolute atomic E-state index is 12.6. The van der Waals surface area contributed by atoms with Crippen molar-refractivity contribution in [1.29, 1.82) is 0 Å². The van der Waals surface area contributed by atoms with Gasteiger partial charge in [0.15, 0.2) is 0 Å². The number of hydrogen-bond donors (Lipinski definition) is 1. The van der Waals surface area contributed by atoms with Gasteiger partial charge in [-0.3, -0.25) is 9.59 Å². The number of hydrogen-bond acceptors (Lipinski definition) is 3. The molecule has 136 valence electrons. The molecule has 0 aromatic heterocycles. The zero-order valence-corrected chi connectivity index (χ0v) is 15.0. The molecule has 0 radical (unpaired) electrons. The second-order valence-corrected chi connectivity index (χ2v) is 7.26. The number of ether oxygens (including phenoxy) is 1. The molecule has 2 saturated heterocycles. The largest absolute Gasteiger partial charge is 0.381 e. The van der Waals surface area contributed by atoms with Gasteiger partial charge in [-0.25, -0.2) is 0 Å². The summed E-state index contributed by atoms with van der Waals surface area (Å²) in [6.45, 7) is 5.10. The van der Waals surface area contributed by atoms with Crippen LogP contribution in [0.5, 0.6) is 0 Å². The molecule has 5 heteroatoms. The molecular weight excluding hydrogens is 316 g/mol. The van der Waals surface area contributed by atoms with Crippen molar-refractivity contribution in [2.24, 2.45) is 5.92 Å². The average molecular weight is 344 g/mol. The molecule has 0 spiro atoms. The molecule has 0 atom stereocenters. The number of nitrogens with one attached hydrogen (secondary N) is 1. The third-order valence-corrected chi connectivity index (χ3v) is 5.75. The van der Waals surface area contributed by atoms with E-state index in [0.717, 1.165) is 38.9 Å². The number of likely N-dealkylation sites (tertiary alicyclic amines) is 1. The van der Waals surface area contributed by atoms with E-state index in [1.54, 1.807) is 6.92 Å². The quantitative estimate of drug-likeness (QED) is 0.910. The number of amides is 2. The van der Waals surface area contributed by atoms with Crippen molar-refractivity contribution in [2.45, 2.75) is 38.0 Å². The van der Waals surface area contributed by atoms with Crippen molar-refractivity contribution in [3.8, 4) is 0 Å². The minimum atomic E-state index is -0.0325. The number of carbonyl (C=O) groups excluding carboxylic acids is 2. The van der Waals surface area contributed by atoms with E-state index in [4.69, 9.17) is 4.74 Å². The molecule has 0 aliphatic carbocycles. The van der Waals surface area contributed by atoms with E-state index in [1.807, 2.05) is 11.0 Å². The maximum Gasteiger partial charge on any atom is 0.223 e. The van der Waals surface area contributed by atoms with Gasteiger partial charge in [0.05, 0.1) is 0 Å². The van der Waals surface area contributed by atoms with E-state index in [2.05, 4.69) is 29.6 Å². The molecule has 25 heavy (non-hydrogen) atoms. The number of benzene rings is 1. The van der Waals surface area contributed by atoms with E-state index in [1.165, 1.54) is 5.56 Å². The highest BCUT2D eigenvalue weighted by molar-refractivity contribution is 5.79. The summed E-state index contributed by atoms with van der Waals surface area (Å²) < 4.78 is 5.55. The van der Waals surface area contributed by atoms with Crippen LogP contribution in [0.15, 0.2) is 30.3 Å². The summed E-state index contributed by atoms with van der Waals surface area (Å²) in [6.07, 6.45) is 3.37. The lowest BCUT2D eigenvalue weighted by molar-refractivity contribution is -0.134. The first kappa shape index (κ1) is 17.9. The molecule has 1 N–H and O–H groups in total. The van der Waals surface area contributed by atoms with Crippen LogP contribution in [0.4, 0.5) is 0 Å². The zero-order valence-electron chi connectivity index (χ0n) is 15.0. The van der Waals surface area contributed by atoms with Gasteiger partial charge in [-0.15, -0.1) is 0 Å². The minimum absolute atomic E-state index is 0.0169. The Morgan fingerprint density at radius 1 is 1.16 bits per heavy atom. The summed E-state index contributed by atoms with van der Waals surface area (Å²) >= 11 is 0. The van der Waals surface area contributed by atoms with Crippen LogP contribution in [0, 0.1) is 5.92 Å². The Morgan fingerprint density at radius 2 is 1.80 bits per heavy atom. The Morgan fingerprint density at radius 3 is 2.40 bits per heavy atom. The predicted octanol–water partition coefficient (Wildman–Crippen LogP) is 2.11. The molecule has 0 saturated carbocycles. The molecule has 2 heterocycles. The molecule has 3 rings (SSSR count). The molecule has 1 aromatic rings. The Labute approximate surface area is 149 Å². The molecule has 2 aliphatic heterocycles. The summed E-state index contributed by atoms with van der Waals surface area (Å²) in [7, 11) is 0. The van der Waals surface area contributed by atoms with E-state index >= 15 is 0 Å². The number of rotatable bonds is 4. The van der Waals surface area contributed by atoms with E-state index < -0.39 is 0 Å². The number of nitrogens with zero attached hydrogens (tertiary/aromatic N) is 1. The highest BCUT2D eigenvalue weighted by Crippen LogP contribution is 2.34. The van der Waals surface area contributed by atoms with Crippen LogP contribution in [0.1, 0.15) is 38.2 Å². The zero-order chi connectivity index (χ0) is 17.7. The molecule has 2 aliphatic rings. The van der Waals surface area contributed by atoms with E-state index in [0.29, 0.717) is 19.6 Å². The first-order valence-corrected chi connectivity index (χ1v) is 9.27. The lowest BCUT2D eigenvalue weighted by Crippen LogP contribution is -2.48. The van der Waals surface area contributed by atoms with Crippen molar-refractivity contribution in [1.82, 2.24) is 10.2 Å². The van der Waals surface area contributed by atoms with E-state index in [9.17, 15) is 9.59 Å². The Hall–Kier alpha value is -1.88. The lowest BCUT2D eigenvalue weighted by Gasteiger charge is -2.38.